The summed E-state index contributed by atoms with van der Waals surface area (Å²) in [5.41, 5.74) is 2.92. The Bertz CT molecular complexity index is 437. The van der Waals surface area contributed by atoms with E-state index in [4.69, 9.17) is 9.47 Å². The summed E-state index contributed by atoms with van der Waals surface area (Å²) in [5.74, 6) is -0.406. The molecule has 0 aromatic heterocycles. The fourth-order valence-electron chi connectivity index (χ4n) is 1.98. The second-order valence-electron chi connectivity index (χ2n) is 4.22. The van der Waals surface area contributed by atoms with Gasteiger partial charge in [0, 0.05) is 5.57 Å². The van der Waals surface area contributed by atoms with Crippen LogP contribution >= 0.6 is 0 Å². The van der Waals surface area contributed by atoms with E-state index in [1.807, 2.05) is 12.1 Å². The summed E-state index contributed by atoms with van der Waals surface area (Å²) in [6.45, 7) is 5.12. The smallest absolute Gasteiger partial charge is 0.335 e. The molecule has 0 bridgehead atoms. The highest BCUT2D eigenvalue weighted by molar-refractivity contribution is 5.86. The van der Waals surface area contributed by atoms with Crippen LogP contribution in [0.25, 0.3) is 0 Å². The van der Waals surface area contributed by atoms with E-state index >= 15 is 0 Å². The minimum atomic E-state index is -0.406. The third-order valence-electron chi connectivity index (χ3n) is 2.89. The van der Waals surface area contributed by atoms with Gasteiger partial charge in [0.25, 0.3) is 0 Å². The molecule has 0 aliphatic heterocycles. The molecule has 0 radical (unpaired) electrons. The number of hydrogen-bond donors (Lipinski definition) is 0. The highest BCUT2D eigenvalue weighted by Crippen LogP contribution is 2.33. The van der Waals surface area contributed by atoms with Crippen molar-refractivity contribution in [2.24, 2.45) is 0 Å². The summed E-state index contributed by atoms with van der Waals surface area (Å²) in [7, 11) is 0. The molecular formula is C14H16O3. The number of benzene rings is 1. The van der Waals surface area contributed by atoms with Crippen LogP contribution in [0.4, 0.5) is 0 Å². The number of hydrogen-bond acceptors (Lipinski definition) is 3. The van der Waals surface area contributed by atoms with Crippen LogP contribution in [0, 0.1) is 0 Å². The molecule has 1 aliphatic rings. The molecule has 1 aliphatic carbocycles. The van der Waals surface area contributed by atoms with Crippen LogP contribution in [0.2, 0.25) is 0 Å². The van der Waals surface area contributed by atoms with Crippen LogP contribution in [0.5, 0.6) is 0 Å². The third kappa shape index (κ3) is 2.74. The Kier molecular flexibility index (Phi) is 3.59. The Morgan fingerprint density at radius 2 is 2.24 bits per heavy atom. The van der Waals surface area contributed by atoms with Crippen molar-refractivity contribution in [1.29, 1.82) is 0 Å². The van der Waals surface area contributed by atoms with Crippen LogP contribution in [0.15, 0.2) is 36.4 Å². The number of carbonyl (C=O) groups is 1. The SMILES string of the molecule is C=C(C)C(=O)OCOC1CCc2ccccc21. The summed E-state index contributed by atoms with van der Waals surface area (Å²) in [6, 6.07) is 8.20. The fraction of sp³-hybridized carbons (Fsp3) is 0.357. The van der Waals surface area contributed by atoms with Gasteiger partial charge in [-0.05, 0) is 30.9 Å². The zero-order valence-corrected chi connectivity index (χ0v) is 9.94. The summed E-state index contributed by atoms with van der Waals surface area (Å²) in [4.78, 5) is 11.2. The Morgan fingerprint density at radius 3 is 3.00 bits per heavy atom. The number of fused-ring (bicyclic) bond motifs is 1. The first-order chi connectivity index (χ1) is 8.18. The maximum atomic E-state index is 11.2. The number of ether oxygens (including phenoxy) is 2. The minimum Gasteiger partial charge on any atom is -0.435 e. The van der Waals surface area contributed by atoms with E-state index in [2.05, 4.69) is 18.7 Å². The van der Waals surface area contributed by atoms with Crippen LogP contribution in [0.1, 0.15) is 30.6 Å². The van der Waals surface area contributed by atoms with Crippen molar-refractivity contribution in [1.82, 2.24) is 0 Å². The van der Waals surface area contributed by atoms with Gasteiger partial charge in [-0.3, -0.25) is 0 Å². The molecule has 0 amide bonds. The van der Waals surface area contributed by atoms with Gasteiger partial charge in [-0.2, -0.15) is 0 Å². The molecule has 3 heteroatoms. The maximum Gasteiger partial charge on any atom is 0.335 e. The molecular weight excluding hydrogens is 216 g/mol. The summed E-state index contributed by atoms with van der Waals surface area (Å²) >= 11 is 0. The fourth-order valence-corrected chi connectivity index (χ4v) is 1.98. The summed E-state index contributed by atoms with van der Waals surface area (Å²) in [5, 5.41) is 0. The van der Waals surface area contributed by atoms with E-state index in [1.54, 1.807) is 6.92 Å². The zero-order valence-electron chi connectivity index (χ0n) is 9.94. The molecule has 90 valence electrons. The van der Waals surface area contributed by atoms with E-state index in [1.165, 1.54) is 11.1 Å². The third-order valence-corrected chi connectivity index (χ3v) is 2.89. The molecule has 0 N–H and O–H groups in total. The lowest BCUT2D eigenvalue weighted by Gasteiger charge is -2.13. The predicted molar refractivity (Wildman–Crippen MR) is 64.4 cm³/mol. The first-order valence-electron chi connectivity index (χ1n) is 5.70. The Balaban J connectivity index is 1.86. The normalized spacial score (nSPS) is 17.6. The number of esters is 1. The van der Waals surface area contributed by atoms with Crippen molar-refractivity contribution in [3.8, 4) is 0 Å². The largest absolute Gasteiger partial charge is 0.435 e. The molecule has 0 fully saturated rings. The van der Waals surface area contributed by atoms with Gasteiger partial charge in [-0.15, -0.1) is 0 Å². The lowest BCUT2D eigenvalue weighted by atomic mass is 10.1. The van der Waals surface area contributed by atoms with E-state index in [-0.39, 0.29) is 12.9 Å². The minimum absolute atomic E-state index is 0.00923. The van der Waals surface area contributed by atoms with Gasteiger partial charge in [0.2, 0.25) is 0 Å². The molecule has 0 saturated carbocycles. The lowest BCUT2D eigenvalue weighted by Crippen LogP contribution is -2.11. The molecule has 0 spiro atoms. The number of aryl methyl sites for hydroxylation is 1. The van der Waals surface area contributed by atoms with Crippen molar-refractivity contribution in [2.75, 3.05) is 6.79 Å². The molecule has 0 saturated heterocycles. The average Bonchev–Trinajstić information content (AvgIpc) is 2.72. The highest BCUT2D eigenvalue weighted by atomic mass is 16.7. The van der Waals surface area contributed by atoms with Crippen LogP contribution < -0.4 is 0 Å². The zero-order chi connectivity index (χ0) is 12.3. The maximum absolute atomic E-state index is 11.2. The number of carbonyl (C=O) groups excluding carboxylic acids is 1. The van der Waals surface area contributed by atoms with E-state index in [0.29, 0.717) is 5.57 Å². The Morgan fingerprint density at radius 1 is 1.47 bits per heavy atom. The standard InChI is InChI=1S/C14H16O3/c1-10(2)14(15)17-9-16-13-8-7-11-5-3-4-6-12(11)13/h3-6,13H,1,7-9H2,2H3. The second-order valence-corrected chi connectivity index (χ2v) is 4.22. The van der Waals surface area contributed by atoms with Gasteiger partial charge >= 0.3 is 5.97 Å². The predicted octanol–water partition coefficient (Wildman–Crippen LogP) is 2.77. The highest BCUT2D eigenvalue weighted by Gasteiger charge is 2.22. The van der Waals surface area contributed by atoms with Gasteiger partial charge in [0.1, 0.15) is 0 Å². The van der Waals surface area contributed by atoms with Crippen molar-refractivity contribution < 1.29 is 14.3 Å². The Labute approximate surface area is 101 Å². The van der Waals surface area contributed by atoms with E-state index < -0.39 is 5.97 Å². The molecule has 2 rings (SSSR count). The lowest BCUT2D eigenvalue weighted by molar-refractivity contribution is -0.156. The molecule has 1 atom stereocenters. The molecule has 17 heavy (non-hydrogen) atoms. The first kappa shape index (κ1) is 11.9. The second kappa shape index (κ2) is 5.15. The molecule has 1 unspecified atom stereocenters. The molecule has 1 aromatic rings. The van der Waals surface area contributed by atoms with Crippen molar-refractivity contribution >= 4 is 5.97 Å². The molecule has 3 nitrogen and oxygen atoms in total. The topological polar surface area (TPSA) is 35.5 Å². The average molecular weight is 232 g/mol. The van der Waals surface area contributed by atoms with Gasteiger partial charge in [-0.1, -0.05) is 30.8 Å². The van der Waals surface area contributed by atoms with Gasteiger partial charge in [0.15, 0.2) is 6.79 Å². The van der Waals surface area contributed by atoms with Crippen molar-refractivity contribution in [2.45, 2.75) is 25.9 Å². The van der Waals surface area contributed by atoms with Crippen molar-refractivity contribution in [3.63, 3.8) is 0 Å². The van der Waals surface area contributed by atoms with Crippen LogP contribution in [-0.2, 0) is 20.7 Å². The summed E-state index contributed by atoms with van der Waals surface area (Å²) < 4.78 is 10.5. The van der Waals surface area contributed by atoms with E-state index in [9.17, 15) is 4.79 Å². The quantitative estimate of drug-likeness (QED) is 0.455. The van der Waals surface area contributed by atoms with Crippen molar-refractivity contribution in [3.05, 3.63) is 47.5 Å². The van der Waals surface area contributed by atoms with Gasteiger partial charge in [0.05, 0.1) is 6.10 Å². The Hall–Kier alpha value is -1.61. The molecule has 1 aromatic carbocycles. The first-order valence-corrected chi connectivity index (χ1v) is 5.70. The van der Waals surface area contributed by atoms with Gasteiger partial charge < -0.3 is 9.47 Å². The van der Waals surface area contributed by atoms with Crippen LogP contribution in [-0.4, -0.2) is 12.8 Å². The number of rotatable bonds is 4. The summed E-state index contributed by atoms with van der Waals surface area (Å²) in [6.07, 6.45) is 2.02. The monoisotopic (exact) mass is 232 g/mol. The van der Waals surface area contributed by atoms with Gasteiger partial charge in [-0.25, -0.2) is 4.79 Å². The molecule has 0 heterocycles. The van der Waals surface area contributed by atoms with E-state index in [0.717, 1.165) is 12.8 Å². The van der Waals surface area contributed by atoms with Crippen LogP contribution in [0.3, 0.4) is 0 Å².